The van der Waals surface area contributed by atoms with Crippen molar-refractivity contribution in [3.05, 3.63) is 17.2 Å². The van der Waals surface area contributed by atoms with Crippen molar-refractivity contribution in [3.63, 3.8) is 0 Å². The highest BCUT2D eigenvalue weighted by Gasteiger charge is 2.23. The van der Waals surface area contributed by atoms with E-state index in [1.165, 1.54) is 12.1 Å². The molecule has 3 rings (SSSR count). The Kier molecular flexibility index (Phi) is 7.00. The van der Waals surface area contributed by atoms with Crippen LogP contribution in [0.4, 0.5) is 0 Å². The van der Waals surface area contributed by atoms with Crippen LogP contribution in [-0.4, -0.2) is 41.3 Å². The monoisotopic (exact) mass is 396 g/mol. The summed E-state index contributed by atoms with van der Waals surface area (Å²) >= 11 is 6.11. The van der Waals surface area contributed by atoms with E-state index in [0.29, 0.717) is 37.2 Å². The lowest BCUT2D eigenvalue weighted by Crippen LogP contribution is -2.33. The molecule has 9 heteroatoms. The lowest BCUT2D eigenvalue weighted by molar-refractivity contribution is 0.171. The van der Waals surface area contributed by atoms with Crippen molar-refractivity contribution < 1.29 is 17.9 Å². The quantitative estimate of drug-likeness (QED) is 0.797. The Morgan fingerprint density at radius 2 is 1.96 bits per heavy atom. The van der Waals surface area contributed by atoms with E-state index in [0.717, 1.165) is 32.4 Å². The fourth-order valence-electron chi connectivity index (χ4n) is 2.90. The lowest BCUT2D eigenvalue weighted by atomic mass is 9.96. The summed E-state index contributed by atoms with van der Waals surface area (Å²) < 4.78 is 38.4. The van der Waals surface area contributed by atoms with Crippen molar-refractivity contribution in [1.29, 1.82) is 0 Å². The standard InChI is InChI=1S/C15H21ClN2O4S.ClH/c16-12-8-13-14(22-7-6-21-13)9-15(12)23(19,20)18-5-3-11-2-1-4-17-10-11;/h8-9,11,17-18H,1-7,10H2;1H. The molecule has 0 radical (unpaired) electrons. The van der Waals surface area contributed by atoms with Gasteiger partial charge in [0.25, 0.3) is 0 Å². The smallest absolute Gasteiger partial charge is 0.242 e. The molecule has 2 heterocycles. The van der Waals surface area contributed by atoms with Gasteiger partial charge >= 0.3 is 0 Å². The molecular formula is C15H22Cl2N2O4S. The van der Waals surface area contributed by atoms with E-state index in [4.69, 9.17) is 21.1 Å². The van der Waals surface area contributed by atoms with Gasteiger partial charge in [-0.1, -0.05) is 11.6 Å². The maximum Gasteiger partial charge on any atom is 0.242 e. The van der Waals surface area contributed by atoms with Gasteiger partial charge in [0, 0.05) is 18.7 Å². The molecule has 2 N–H and O–H groups in total. The summed E-state index contributed by atoms with van der Waals surface area (Å²) in [6, 6.07) is 2.93. The van der Waals surface area contributed by atoms with Crippen LogP contribution >= 0.6 is 24.0 Å². The van der Waals surface area contributed by atoms with E-state index < -0.39 is 10.0 Å². The van der Waals surface area contributed by atoms with Gasteiger partial charge in [0.2, 0.25) is 10.0 Å². The Balaban J connectivity index is 0.00000208. The SMILES string of the molecule is Cl.O=S(=O)(NCCC1CCCNC1)c1cc2c(cc1Cl)OCCO2. The minimum Gasteiger partial charge on any atom is -0.486 e. The minimum absolute atomic E-state index is 0. The molecule has 1 aromatic carbocycles. The molecule has 1 unspecified atom stereocenters. The second-order valence-electron chi connectivity index (χ2n) is 5.83. The molecule has 2 aliphatic heterocycles. The predicted octanol–water partition coefficient (Wildman–Crippen LogP) is 2.20. The van der Waals surface area contributed by atoms with Crippen LogP contribution in [0.15, 0.2) is 17.0 Å². The van der Waals surface area contributed by atoms with Crippen LogP contribution in [0.3, 0.4) is 0 Å². The maximum atomic E-state index is 12.5. The van der Waals surface area contributed by atoms with Crippen LogP contribution < -0.4 is 19.5 Å². The number of hydrogen-bond donors (Lipinski definition) is 2. The van der Waals surface area contributed by atoms with E-state index in [9.17, 15) is 8.42 Å². The second-order valence-corrected chi connectivity index (χ2v) is 7.97. The zero-order valence-corrected chi connectivity index (χ0v) is 15.6. The first-order valence-corrected chi connectivity index (χ1v) is 9.72. The molecule has 1 atom stereocenters. The normalized spacial score (nSPS) is 20.3. The first kappa shape index (κ1) is 19.6. The van der Waals surface area contributed by atoms with Crippen LogP contribution in [-0.2, 0) is 10.0 Å². The largest absolute Gasteiger partial charge is 0.486 e. The summed E-state index contributed by atoms with van der Waals surface area (Å²) in [6.07, 6.45) is 3.10. The van der Waals surface area contributed by atoms with E-state index in [1.54, 1.807) is 0 Å². The van der Waals surface area contributed by atoms with Crippen molar-refractivity contribution in [1.82, 2.24) is 10.0 Å². The Morgan fingerprint density at radius 1 is 1.25 bits per heavy atom. The number of hydrogen-bond acceptors (Lipinski definition) is 5. The average molecular weight is 397 g/mol. The van der Waals surface area contributed by atoms with Crippen molar-refractivity contribution in [2.24, 2.45) is 5.92 Å². The minimum atomic E-state index is -3.66. The molecule has 0 aromatic heterocycles. The fourth-order valence-corrected chi connectivity index (χ4v) is 4.48. The van der Waals surface area contributed by atoms with Gasteiger partial charge in [0.05, 0.1) is 5.02 Å². The molecule has 0 amide bonds. The van der Waals surface area contributed by atoms with Gasteiger partial charge in [-0.05, 0) is 38.3 Å². The van der Waals surface area contributed by atoms with Gasteiger partial charge in [-0.15, -0.1) is 12.4 Å². The molecule has 1 saturated heterocycles. The highest BCUT2D eigenvalue weighted by molar-refractivity contribution is 7.89. The Hall–Kier alpha value is -0.730. The molecule has 136 valence electrons. The van der Waals surface area contributed by atoms with Crippen molar-refractivity contribution in [2.45, 2.75) is 24.2 Å². The number of benzene rings is 1. The highest BCUT2D eigenvalue weighted by atomic mass is 35.5. The van der Waals surface area contributed by atoms with Crippen LogP contribution in [0.5, 0.6) is 11.5 Å². The number of nitrogens with one attached hydrogen (secondary N) is 2. The number of halogens is 2. The molecule has 1 aromatic rings. The molecule has 0 bridgehead atoms. The highest BCUT2D eigenvalue weighted by Crippen LogP contribution is 2.37. The van der Waals surface area contributed by atoms with Gasteiger partial charge in [0.15, 0.2) is 11.5 Å². The van der Waals surface area contributed by atoms with E-state index >= 15 is 0 Å². The maximum absolute atomic E-state index is 12.5. The fraction of sp³-hybridized carbons (Fsp3) is 0.600. The van der Waals surface area contributed by atoms with Crippen LogP contribution in [0, 0.1) is 5.92 Å². The number of sulfonamides is 1. The topological polar surface area (TPSA) is 76.7 Å². The van der Waals surface area contributed by atoms with Gasteiger partial charge in [-0.25, -0.2) is 13.1 Å². The first-order valence-electron chi connectivity index (χ1n) is 7.86. The lowest BCUT2D eigenvalue weighted by Gasteiger charge is -2.23. The third kappa shape index (κ3) is 4.67. The van der Waals surface area contributed by atoms with Crippen molar-refractivity contribution >= 4 is 34.0 Å². The molecule has 2 aliphatic rings. The molecule has 0 spiro atoms. The molecule has 0 saturated carbocycles. The van der Waals surface area contributed by atoms with Crippen LogP contribution in [0.1, 0.15) is 19.3 Å². The van der Waals surface area contributed by atoms with Crippen LogP contribution in [0.25, 0.3) is 0 Å². The van der Waals surface area contributed by atoms with Crippen molar-refractivity contribution in [3.8, 4) is 11.5 Å². The summed E-state index contributed by atoms with van der Waals surface area (Å²) in [7, 11) is -3.66. The second kappa shape index (κ2) is 8.58. The molecule has 6 nitrogen and oxygen atoms in total. The molecule has 24 heavy (non-hydrogen) atoms. The third-order valence-corrected chi connectivity index (χ3v) is 6.06. The zero-order chi connectivity index (χ0) is 16.3. The summed E-state index contributed by atoms with van der Waals surface area (Å²) in [6.45, 7) is 3.24. The summed E-state index contributed by atoms with van der Waals surface area (Å²) in [5, 5.41) is 3.47. The predicted molar refractivity (Wildman–Crippen MR) is 95.1 cm³/mol. The molecule has 0 aliphatic carbocycles. The Bertz CT molecular complexity index is 664. The summed E-state index contributed by atoms with van der Waals surface area (Å²) in [5.41, 5.74) is 0. The van der Waals surface area contributed by atoms with E-state index in [1.807, 2.05) is 0 Å². The first-order chi connectivity index (χ1) is 11.1. The summed E-state index contributed by atoms with van der Waals surface area (Å²) in [4.78, 5) is 0.0326. The van der Waals surface area contributed by atoms with Crippen molar-refractivity contribution in [2.75, 3.05) is 32.8 Å². The molecule has 1 fully saturated rings. The van der Waals surface area contributed by atoms with Gasteiger partial charge < -0.3 is 14.8 Å². The number of fused-ring (bicyclic) bond motifs is 1. The van der Waals surface area contributed by atoms with Gasteiger partial charge in [-0.3, -0.25) is 0 Å². The number of ether oxygens (including phenoxy) is 2. The van der Waals surface area contributed by atoms with E-state index in [-0.39, 0.29) is 22.3 Å². The Labute approximate surface area is 153 Å². The summed E-state index contributed by atoms with van der Waals surface area (Å²) in [5.74, 6) is 1.41. The Morgan fingerprint density at radius 3 is 2.62 bits per heavy atom. The van der Waals surface area contributed by atoms with Gasteiger partial charge in [0.1, 0.15) is 18.1 Å². The van der Waals surface area contributed by atoms with Gasteiger partial charge in [-0.2, -0.15) is 0 Å². The third-order valence-electron chi connectivity index (χ3n) is 4.13. The zero-order valence-electron chi connectivity index (χ0n) is 13.2. The molecular weight excluding hydrogens is 375 g/mol. The average Bonchev–Trinajstić information content (AvgIpc) is 2.55. The number of piperidine rings is 1. The van der Waals surface area contributed by atoms with Crippen LogP contribution in [0.2, 0.25) is 5.02 Å². The number of rotatable bonds is 5. The van der Waals surface area contributed by atoms with E-state index in [2.05, 4.69) is 10.0 Å².